The Labute approximate surface area is 198 Å². The van der Waals surface area contributed by atoms with Crippen LogP contribution < -0.4 is 9.70 Å². The van der Waals surface area contributed by atoms with Gasteiger partial charge < -0.3 is 9.80 Å². The lowest BCUT2D eigenvalue weighted by molar-refractivity contribution is 0.0746. The zero-order chi connectivity index (χ0) is 22.6. The van der Waals surface area contributed by atoms with Crippen molar-refractivity contribution in [3.63, 3.8) is 0 Å². The minimum Gasteiger partial charge on any atom is -0.353 e. The third-order valence-corrected chi connectivity index (χ3v) is 7.56. The van der Waals surface area contributed by atoms with Gasteiger partial charge in [-0.25, -0.2) is 9.67 Å². The average molecular weight is 463 g/mol. The first-order chi connectivity index (χ1) is 16.2. The molecule has 1 aliphatic carbocycles. The van der Waals surface area contributed by atoms with Gasteiger partial charge in [-0.1, -0.05) is 48.8 Å². The minimum atomic E-state index is 0.0832. The monoisotopic (exact) mass is 462 g/mol. The fourth-order valence-corrected chi connectivity index (χ4v) is 5.53. The van der Waals surface area contributed by atoms with E-state index in [0.29, 0.717) is 19.1 Å². The number of nitrogens with zero attached hydrogens (tertiary/aromatic N) is 6. The predicted molar refractivity (Wildman–Crippen MR) is 131 cm³/mol. The van der Waals surface area contributed by atoms with Crippen LogP contribution in [0.25, 0.3) is 10.6 Å². The molecular weight excluding hydrogens is 432 g/mol. The maximum atomic E-state index is 13.0. The number of aromatic nitrogens is 3. The number of rotatable bonds is 4. The Morgan fingerprint density at radius 1 is 1.00 bits per heavy atom. The molecule has 7 nitrogen and oxygen atoms in total. The van der Waals surface area contributed by atoms with Gasteiger partial charge in [0.15, 0.2) is 0 Å². The second kappa shape index (κ2) is 9.87. The molecule has 0 spiro atoms. The molecule has 2 aromatic heterocycles. The number of aryl methyl sites for hydroxylation is 1. The van der Waals surface area contributed by atoms with Gasteiger partial charge in [-0.2, -0.15) is 5.10 Å². The van der Waals surface area contributed by atoms with Crippen molar-refractivity contribution in [2.24, 2.45) is 12.0 Å². The summed E-state index contributed by atoms with van der Waals surface area (Å²) in [7, 11) is 1.96. The summed E-state index contributed by atoms with van der Waals surface area (Å²) in [4.78, 5) is 27.5. The maximum absolute atomic E-state index is 13.0. The molecular formula is C25H30N6OS. The molecule has 2 fully saturated rings. The van der Waals surface area contributed by atoms with E-state index >= 15 is 0 Å². The quantitative estimate of drug-likeness (QED) is 0.592. The smallest absolute Gasteiger partial charge is 0.253 e. The summed E-state index contributed by atoms with van der Waals surface area (Å²) in [6.07, 6.45) is 8.05. The number of hydrogen-bond acceptors (Lipinski definition) is 6. The van der Waals surface area contributed by atoms with Crippen molar-refractivity contribution in [1.29, 1.82) is 0 Å². The van der Waals surface area contributed by atoms with Gasteiger partial charge in [0.1, 0.15) is 10.8 Å². The molecule has 0 unspecified atom stereocenters. The summed E-state index contributed by atoms with van der Waals surface area (Å²) >= 11 is 1.63. The van der Waals surface area contributed by atoms with Crippen LogP contribution in [0.4, 0.5) is 5.82 Å². The lowest BCUT2D eigenvalue weighted by atomic mass is 9.96. The molecule has 1 aliphatic heterocycles. The van der Waals surface area contributed by atoms with Gasteiger partial charge in [0.05, 0.1) is 6.04 Å². The van der Waals surface area contributed by atoms with Crippen molar-refractivity contribution < 1.29 is 4.79 Å². The zero-order valence-electron chi connectivity index (χ0n) is 19.1. The Hall–Kier alpha value is -3.00. The predicted octanol–water partition coefficient (Wildman–Crippen LogP) is 3.74. The molecule has 3 heterocycles. The number of carbonyl (C=O) groups excluding carboxylic acids is 1. The number of benzene rings is 1. The van der Waals surface area contributed by atoms with Crippen LogP contribution in [0.1, 0.15) is 42.5 Å². The Kier molecular flexibility index (Phi) is 6.53. The van der Waals surface area contributed by atoms with Gasteiger partial charge in [-0.05, 0) is 37.1 Å². The van der Waals surface area contributed by atoms with E-state index < -0.39 is 0 Å². The van der Waals surface area contributed by atoms with Gasteiger partial charge in [-0.3, -0.25) is 9.79 Å². The number of anilines is 1. The second-order valence-corrected chi connectivity index (χ2v) is 9.73. The van der Waals surface area contributed by atoms with Crippen LogP contribution in [0.5, 0.6) is 0 Å². The summed E-state index contributed by atoms with van der Waals surface area (Å²) in [5.74, 6) is 1.06. The van der Waals surface area contributed by atoms with Crippen LogP contribution >= 0.6 is 11.3 Å². The van der Waals surface area contributed by atoms with E-state index in [1.807, 2.05) is 65.3 Å². The lowest BCUT2D eigenvalue weighted by Gasteiger charge is -2.35. The van der Waals surface area contributed by atoms with Crippen molar-refractivity contribution in [3.05, 3.63) is 59.0 Å². The Morgan fingerprint density at radius 2 is 1.76 bits per heavy atom. The van der Waals surface area contributed by atoms with E-state index in [0.717, 1.165) is 39.8 Å². The summed E-state index contributed by atoms with van der Waals surface area (Å²) in [6.45, 7) is 2.99. The van der Waals surface area contributed by atoms with Crippen molar-refractivity contribution >= 4 is 23.1 Å². The maximum Gasteiger partial charge on any atom is 0.253 e. The number of amides is 1. The first-order valence-corrected chi connectivity index (χ1v) is 12.6. The molecule has 33 heavy (non-hydrogen) atoms. The van der Waals surface area contributed by atoms with Gasteiger partial charge in [0.2, 0.25) is 4.80 Å². The summed E-state index contributed by atoms with van der Waals surface area (Å²) < 4.78 is 1.88. The molecule has 0 bridgehead atoms. The van der Waals surface area contributed by atoms with Gasteiger partial charge in [0.25, 0.3) is 5.91 Å². The van der Waals surface area contributed by atoms with E-state index in [1.54, 1.807) is 11.3 Å². The Balaban J connectivity index is 1.24. The SMILES string of the molecule is Cn1nc(-c2ccc(C(=O)N3CCN(c4ccccn4)CC3)cc2)s/c1=N/C1CCCCC1. The van der Waals surface area contributed by atoms with Crippen LogP contribution in [-0.4, -0.2) is 57.8 Å². The first kappa shape index (κ1) is 21.8. The molecule has 172 valence electrons. The molecule has 1 saturated heterocycles. The summed E-state index contributed by atoms with van der Waals surface area (Å²) in [5, 5.41) is 5.62. The van der Waals surface area contributed by atoms with Gasteiger partial charge in [-0.15, -0.1) is 0 Å². The fourth-order valence-electron chi connectivity index (χ4n) is 4.56. The average Bonchev–Trinajstić information content (AvgIpc) is 3.25. The summed E-state index contributed by atoms with van der Waals surface area (Å²) in [6, 6.07) is 14.2. The number of pyridine rings is 1. The Morgan fingerprint density at radius 3 is 2.45 bits per heavy atom. The highest BCUT2D eigenvalue weighted by molar-refractivity contribution is 7.12. The van der Waals surface area contributed by atoms with Crippen LogP contribution in [0, 0.1) is 0 Å². The molecule has 0 N–H and O–H groups in total. The van der Waals surface area contributed by atoms with Crippen molar-refractivity contribution in [3.8, 4) is 10.6 Å². The van der Waals surface area contributed by atoms with Crippen molar-refractivity contribution in [2.45, 2.75) is 38.1 Å². The highest BCUT2D eigenvalue weighted by atomic mass is 32.1. The molecule has 0 atom stereocenters. The van der Waals surface area contributed by atoms with Crippen LogP contribution in [0.15, 0.2) is 53.7 Å². The molecule has 1 aromatic carbocycles. The fraction of sp³-hybridized carbons (Fsp3) is 0.440. The highest BCUT2D eigenvalue weighted by Crippen LogP contribution is 2.23. The third kappa shape index (κ3) is 5.00. The van der Waals surface area contributed by atoms with Crippen LogP contribution in [0.3, 0.4) is 0 Å². The molecule has 0 radical (unpaired) electrons. The largest absolute Gasteiger partial charge is 0.353 e. The standard InChI is InChI=1S/C25H30N6OS/c1-29-25(27-21-7-3-2-4-8-21)33-23(28-29)19-10-12-20(13-11-19)24(32)31-17-15-30(16-18-31)22-9-5-6-14-26-22/h5-6,9-14,21H,2-4,7-8,15-18H2,1H3/b27-25+. The third-order valence-electron chi connectivity index (χ3n) is 6.49. The van der Waals surface area contributed by atoms with Crippen molar-refractivity contribution in [1.82, 2.24) is 19.7 Å². The van der Waals surface area contributed by atoms with Gasteiger partial charge >= 0.3 is 0 Å². The molecule has 1 saturated carbocycles. The van der Waals surface area contributed by atoms with Crippen molar-refractivity contribution in [2.75, 3.05) is 31.1 Å². The summed E-state index contributed by atoms with van der Waals surface area (Å²) in [5.41, 5.74) is 1.75. The van der Waals surface area contributed by atoms with E-state index in [4.69, 9.17) is 4.99 Å². The minimum absolute atomic E-state index is 0.0832. The topological polar surface area (TPSA) is 66.6 Å². The first-order valence-electron chi connectivity index (χ1n) is 11.8. The normalized spacial score (nSPS) is 18.0. The Bertz CT molecular complexity index is 1140. The number of piperazine rings is 1. The molecule has 2 aliphatic rings. The number of hydrogen-bond donors (Lipinski definition) is 0. The highest BCUT2D eigenvalue weighted by Gasteiger charge is 2.23. The van der Waals surface area contributed by atoms with E-state index in [-0.39, 0.29) is 5.91 Å². The molecule has 8 heteroatoms. The van der Waals surface area contributed by atoms with Crippen LogP contribution in [0.2, 0.25) is 0 Å². The number of carbonyl (C=O) groups is 1. The molecule has 5 rings (SSSR count). The van der Waals surface area contributed by atoms with E-state index in [2.05, 4.69) is 15.0 Å². The second-order valence-electron chi connectivity index (χ2n) is 8.78. The van der Waals surface area contributed by atoms with E-state index in [1.165, 1.54) is 32.1 Å². The molecule has 3 aromatic rings. The van der Waals surface area contributed by atoms with Gasteiger partial charge in [0, 0.05) is 50.6 Å². The van der Waals surface area contributed by atoms with Crippen LogP contribution in [-0.2, 0) is 7.05 Å². The zero-order valence-corrected chi connectivity index (χ0v) is 19.9. The molecule has 1 amide bonds. The van der Waals surface area contributed by atoms with E-state index in [9.17, 15) is 4.79 Å². The lowest BCUT2D eigenvalue weighted by Crippen LogP contribution is -2.49.